The van der Waals surface area contributed by atoms with E-state index in [4.69, 9.17) is 0 Å². The zero-order valence-corrected chi connectivity index (χ0v) is 14.0. The van der Waals surface area contributed by atoms with Gasteiger partial charge in [0.05, 0.1) is 17.1 Å². The molecular weight excluding hydrogens is 382 g/mol. The minimum Gasteiger partial charge on any atom is -0.318 e. The van der Waals surface area contributed by atoms with Crippen LogP contribution in [0.25, 0.3) is 5.69 Å². The van der Waals surface area contributed by atoms with E-state index in [1.165, 1.54) is 4.68 Å². The van der Waals surface area contributed by atoms with Crippen molar-refractivity contribution in [1.29, 1.82) is 0 Å². The molecule has 0 bridgehead atoms. The Morgan fingerprint density at radius 1 is 1.21 bits per heavy atom. The summed E-state index contributed by atoms with van der Waals surface area (Å²) < 4.78 is 29.1. The molecule has 1 amide bonds. The number of carbonyl (C=O) groups is 1. The number of aromatic nitrogens is 3. The number of benzene rings is 2. The fraction of sp³-hybridized carbons (Fsp3) is 0.0625. The van der Waals surface area contributed by atoms with Gasteiger partial charge in [-0.25, -0.2) is 13.5 Å². The largest absolute Gasteiger partial charge is 0.318 e. The average molecular weight is 393 g/mol. The lowest BCUT2D eigenvalue weighted by Gasteiger charge is -2.07. The molecule has 0 aliphatic heterocycles. The summed E-state index contributed by atoms with van der Waals surface area (Å²) in [5, 5.41) is 10.1. The minimum atomic E-state index is -0.736. The van der Waals surface area contributed by atoms with E-state index in [-0.39, 0.29) is 11.4 Å². The summed E-state index contributed by atoms with van der Waals surface area (Å²) in [5.74, 6) is -2.06. The molecule has 2 aromatic carbocycles. The summed E-state index contributed by atoms with van der Waals surface area (Å²) in [6, 6.07) is 10.1. The molecule has 1 heterocycles. The molecule has 8 heteroatoms. The first-order valence-electron chi connectivity index (χ1n) is 6.91. The first kappa shape index (κ1) is 16.3. The van der Waals surface area contributed by atoms with Crippen LogP contribution in [0.2, 0.25) is 0 Å². The summed E-state index contributed by atoms with van der Waals surface area (Å²) in [6.07, 6.45) is 0. The number of anilines is 1. The molecule has 0 unspecified atom stereocenters. The molecule has 1 aromatic heterocycles. The summed E-state index contributed by atoms with van der Waals surface area (Å²) in [6.45, 7) is 1.66. The summed E-state index contributed by atoms with van der Waals surface area (Å²) in [7, 11) is 0. The van der Waals surface area contributed by atoms with Crippen LogP contribution in [0.5, 0.6) is 0 Å². The fourth-order valence-electron chi connectivity index (χ4n) is 2.17. The van der Waals surface area contributed by atoms with Crippen molar-refractivity contribution in [3.05, 3.63) is 70.0 Å². The summed E-state index contributed by atoms with van der Waals surface area (Å²) in [4.78, 5) is 12.3. The third-order valence-electron chi connectivity index (χ3n) is 3.37. The van der Waals surface area contributed by atoms with Gasteiger partial charge in [0, 0.05) is 10.5 Å². The fourth-order valence-corrected chi connectivity index (χ4v) is 2.62. The summed E-state index contributed by atoms with van der Waals surface area (Å²) >= 11 is 3.40. The zero-order valence-electron chi connectivity index (χ0n) is 12.4. The second-order valence-corrected chi connectivity index (χ2v) is 5.82. The molecule has 0 aliphatic carbocycles. The maximum Gasteiger partial charge on any atom is 0.278 e. The first-order chi connectivity index (χ1) is 11.5. The lowest BCUT2D eigenvalue weighted by atomic mass is 10.2. The van der Waals surface area contributed by atoms with Gasteiger partial charge in [0.1, 0.15) is 11.6 Å². The number of hydrogen-bond acceptors (Lipinski definition) is 3. The van der Waals surface area contributed by atoms with E-state index in [0.29, 0.717) is 11.4 Å². The van der Waals surface area contributed by atoms with Gasteiger partial charge in [0.25, 0.3) is 5.91 Å². The van der Waals surface area contributed by atoms with E-state index >= 15 is 0 Å². The van der Waals surface area contributed by atoms with Crippen LogP contribution in [-0.2, 0) is 0 Å². The Morgan fingerprint density at radius 2 is 1.96 bits per heavy atom. The molecular formula is C16H11BrF2N4O. The van der Waals surface area contributed by atoms with Gasteiger partial charge in [-0.05, 0) is 47.1 Å². The number of para-hydroxylation sites is 1. The van der Waals surface area contributed by atoms with Gasteiger partial charge in [-0.15, -0.1) is 5.10 Å². The molecule has 0 spiro atoms. The van der Waals surface area contributed by atoms with E-state index in [1.807, 2.05) is 18.2 Å². The Labute approximate surface area is 144 Å². The van der Waals surface area contributed by atoms with Crippen LogP contribution in [0.15, 0.2) is 46.9 Å². The lowest BCUT2D eigenvalue weighted by Crippen LogP contribution is -2.15. The van der Waals surface area contributed by atoms with Gasteiger partial charge in [-0.2, -0.15) is 0 Å². The van der Waals surface area contributed by atoms with Crippen molar-refractivity contribution >= 4 is 27.5 Å². The number of carbonyl (C=O) groups excluding carboxylic acids is 1. The number of rotatable bonds is 3. The highest BCUT2D eigenvalue weighted by atomic mass is 79.9. The SMILES string of the molecule is Cc1c(C(=O)Nc2cc(F)ccc2F)nnn1-c1ccccc1Br. The predicted molar refractivity (Wildman–Crippen MR) is 88.1 cm³/mol. The second kappa shape index (κ2) is 6.48. The molecule has 0 radical (unpaired) electrons. The van der Waals surface area contributed by atoms with Gasteiger partial charge in [-0.3, -0.25) is 4.79 Å². The van der Waals surface area contributed by atoms with Crippen LogP contribution in [0.4, 0.5) is 14.5 Å². The van der Waals surface area contributed by atoms with Crippen LogP contribution in [-0.4, -0.2) is 20.9 Å². The van der Waals surface area contributed by atoms with Gasteiger partial charge < -0.3 is 5.32 Å². The molecule has 0 saturated heterocycles. The van der Waals surface area contributed by atoms with Crippen molar-refractivity contribution in [1.82, 2.24) is 15.0 Å². The molecule has 24 heavy (non-hydrogen) atoms. The standard InChI is InChI=1S/C16H11BrF2N4O/c1-9-15(16(24)20-13-8-10(18)6-7-12(13)19)21-22-23(9)14-5-3-2-4-11(14)17/h2-8H,1H3,(H,20,24). The van der Waals surface area contributed by atoms with Crippen molar-refractivity contribution in [3.63, 3.8) is 0 Å². The second-order valence-electron chi connectivity index (χ2n) is 4.96. The average Bonchev–Trinajstić information content (AvgIpc) is 2.93. The molecule has 0 aliphatic rings. The lowest BCUT2D eigenvalue weighted by molar-refractivity contribution is 0.102. The maximum absolute atomic E-state index is 13.6. The van der Waals surface area contributed by atoms with Crippen molar-refractivity contribution < 1.29 is 13.6 Å². The molecule has 5 nitrogen and oxygen atoms in total. The number of halogens is 3. The van der Waals surface area contributed by atoms with Gasteiger partial charge in [-0.1, -0.05) is 17.3 Å². The molecule has 3 rings (SSSR count). The molecule has 0 fully saturated rings. The Hall–Kier alpha value is -2.61. The topological polar surface area (TPSA) is 59.8 Å². The highest BCUT2D eigenvalue weighted by Crippen LogP contribution is 2.22. The van der Waals surface area contributed by atoms with Crippen LogP contribution in [0, 0.1) is 18.6 Å². The predicted octanol–water partition coefficient (Wildman–Crippen LogP) is 3.87. The van der Waals surface area contributed by atoms with Gasteiger partial charge >= 0.3 is 0 Å². The van der Waals surface area contributed by atoms with Crippen molar-refractivity contribution in [2.24, 2.45) is 0 Å². The summed E-state index contributed by atoms with van der Waals surface area (Å²) in [5.41, 5.74) is 0.943. The quantitative estimate of drug-likeness (QED) is 0.735. The number of nitrogens with one attached hydrogen (secondary N) is 1. The van der Waals surface area contributed by atoms with Gasteiger partial charge in [0.15, 0.2) is 5.69 Å². The van der Waals surface area contributed by atoms with Gasteiger partial charge in [0.2, 0.25) is 0 Å². The van der Waals surface area contributed by atoms with Crippen LogP contribution >= 0.6 is 15.9 Å². The number of hydrogen-bond donors (Lipinski definition) is 1. The normalized spacial score (nSPS) is 10.7. The molecule has 0 atom stereocenters. The van der Waals surface area contributed by atoms with E-state index < -0.39 is 17.5 Å². The highest BCUT2D eigenvalue weighted by Gasteiger charge is 2.19. The van der Waals surface area contributed by atoms with E-state index in [1.54, 1.807) is 13.0 Å². The molecule has 1 N–H and O–H groups in total. The third-order valence-corrected chi connectivity index (χ3v) is 4.04. The van der Waals surface area contributed by atoms with E-state index in [9.17, 15) is 13.6 Å². The smallest absolute Gasteiger partial charge is 0.278 e. The Kier molecular flexibility index (Phi) is 4.39. The monoisotopic (exact) mass is 392 g/mol. The first-order valence-corrected chi connectivity index (χ1v) is 7.70. The van der Waals surface area contributed by atoms with Crippen LogP contribution in [0.1, 0.15) is 16.2 Å². The van der Waals surface area contributed by atoms with Crippen molar-refractivity contribution in [2.45, 2.75) is 6.92 Å². The molecule has 3 aromatic rings. The third kappa shape index (κ3) is 3.05. The number of nitrogens with zero attached hydrogens (tertiary/aromatic N) is 3. The van der Waals surface area contributed by atoms with Crippen molar-refractivity contribution in [3.8, 4) is 5.69 Å². The molecule has 0 saturated carbocycles. The van der Waals surface area contributed by atoms with E-state index in [0.717, 1.165) is 22.7 Å². The minimum absolute atomic E-state index is 0.0226. The maximum atomic E-state index is 13.6. The Morgan fingerprint density at radius 3 is 2.71 bits per heavy atom. The zero-order chi connectivity index (χ0) is 17.3. The Balaban J connectivity index is 1.92. The van der Waals surface area contributed by atoms with Crippen LogP contribution in [0.3, 0.4) is 0 Å². The van der Waals surface area contributed by atoms with Crippen molar-refractivity contribution in [2.75, 3.05) is 5.32 Å². The van der Waals surface area contributed by atoms with E-state index in [2.05, 4.69) is 31.6 Å². The number of amides is 1. The Bertz CT molecular complexity index is 926. The molecule has 122 valence electrons. The van der Waals surface area contributed by atoms with Crippen LogP contribution < -0.4 is 5.32 Å². The highest BCUT2D eigenvalue weighted by molar-refractivity contribution is 9.10.